The first-order chi connectivity index (χ1) is 8.35. The van der Waals surface area contributed by atoms with Crippen LogP contribution in [-0.2, 0) is 0 Å². The second-order valence-corrected chi connectivity index (χ2v) is 3.99. The Morgan fingerprint density at radius 2 is 2.06 bits per heavy atom. The number of hydrogen-bond acceptors (Lipinski definition) is 3. The molecule has 0 saturated carbocycles. The monoisotopic (exact) mass is 263 g/mol. The summed E-state index contributed by atoms with van der Waals surface area (Å²) in [5, 5.41) is 9.82. The van der Waals surface area contributed by atoms with Crippen molar-refractivity contribution in [2.75, 3.05) is 12.8 Å². The summed E-state index contributed by atoms with van der Waals surface area (Å²) >= 11 is 0. The van der Waals surface area contributed by atoms with E-state index in [2.05, 4.69) is 0 Å². The summed E-state index contributed by atoms with van der Waals surface area (Å²) in [7, 11) is 1.44. The fourth-order valence-electron chi connectivity index (χ4n) is 1.68. The van der Waals surface area contributed by atoms with Gasteiger partial charge in [0.2, 0.25) is 0 Å². The third-order valence-electron chi connectivity index (χ3n) is 2.62. The van der Waals surface area contributed by atoms with Crippen molar-refractivity contribution in [3.8, 4) is 5.75 Å². The Hall–Kier alpha value is -1.43. The molecule has 3 N–H and O–H groups in total. The van der Waals surface area contributed by atoms with E-state index in [9.17, 15) is 18.3 Å². The predicted molar refractivity (Wildman–Crippen MR) is 62.3 cm³/mol. The van der Waals surface area contributed by atoms with Gasteiger partial charge in [0, 0.05) is 12.0 Å². The summed E-state index contributed by atoms with van der Waals surface area (Å²) in [6.07, 6.45) is -6.24. The van der Waals surface area contributed by atoms with Crippen LogP contribution in [0.25, 0.3) is 0 Å². The van der Waals surface area contributed by atoms with E-state index in [4.69, 9.17) is 10.5 Å². The van der Waals surface area contributed by atoms with Crippen molar-refractivity contribution >= 4 is 5.69 Å². The highest BCUT2D eigenvalue weighted by Crippen LogP contribution is 2.32. The largest absolute Gasteiger partial charge is 0.495 e. The van der Waals surface area contributed by atoms with Crippen LogP contribution >= 0.6 is 0 Å². The van der Waals surface area contributed by atoms with E-state index < -0.39 is 18.7 Å². The van der Waals surface area contributed by atoms with E-state index in [0.29, 0.717) is 11.3 Å². The third kappa shape index (κ3) is 4.10. The highest BCUT2D eigenvalue weighted by molar-refractivity contribution is 5.59. The molecule has 1 aromatic carbocycles. The molecule has 18 heavy (non-hydrogen) atoms. The van der Waals surface area contributed by atoms with E-state index in [-0.39, 0.29) is 18.5 Å². The summed E-state index contributed by atoms with van der Waals surface area (Å²) < 4.78 is 40.9. The SMILES string of the molecule is COc1cccc(C(O)CCCC(F)(F)F)c1N. The summed E-state index contributed by atoms with van der Waals surface area (Å²) in [5.41, 5.74) is 6.41. The highest BCUT2D eigenvalue weighted by atomic mass is 19.4. The second kappa shape index (κ2) is 5.95. The van der Waals surface area contributed by atoms with Gasteiger partial charge in [0.1, 0.15) is 5.75 Å². The molecule has 3 nitrogen and oxygen atoms in total. The molecule has 0 spiro atoms. The first-order valence-corrected chi connectivity index (χ1v) is 5.52. The average molecular weight is 263 g/mol. The molecule has 0 aliphatic carbocycles. The van der Waals surface area contributed by atoms with Crippen molar-refractivity contribution < 1.29 is 23.0 Å². The number of nitrogens with two attached hydrogens (primary N) is 1. The Bertz CT molecular complexity index is 393. The second-order valence-electron chi connectivity index (χ2n) is 3.99. The molecule has 0 saturated heterocycles. The van der Waals surface area contributed by atoms with Crippen LogP contribution in [0.3, 0.4) is 0 Å². The van der Waals surface area contributed by atoms with Gasteiger partial charge in [-0.25, -0.2) is 0 Å². The van der Waals surface area contributed by atoms with Crippen molar-refractivity contribution in [3.63, 3.8) is 0 Å². The highest BCUT2D eigenvalue weighted by Gasteiger charge is 2.27. The smallest absolute Gasteiger partial charge is 0.389 e. The minimum Gasteiger partial charge on any atom is -0.495 e. The Morgan fingerprint density at radius 1 is 1.39 bits per heavy atom. The van der Waals surface area contributed by atoms with E-state index in [1.54, 1.807) is 18.2 Å². The standard InChI is InChI=1S/C12H16F3NO2/c1-18-10-6-2-4-8(11(10)16)9(17)5-3-7-12(13,14)15/h2,4,6,9,17H,3,5,7,16H2,1H3. The first-order valence-electron chi connectivity index (χ1n) is 5.52. The summed E-state index contributed by atoms with van der Waals surface area (Å²) in [6, 6.07) is 4.84. The van der Waals surface area contributed by atoms with E-state index in [1.807, 2.05) is 0 Å². The van der Waals surface area contributed by atoms with Gasteiger partial charge in [-0.2, -0.15) is 13.2 Å². The number of alkyl halides is 3. The Labute approximate surface area is 103 Å². The summed E-state index contributed by atoms with van der Waals surface area (Å²) in [4.78, 5) is 0. The number of aliphatic hydroxyl groups excluding tert-OH is 1. The molecule has 0 fully saturated rings. The molecule has 102 valence electrons. The van der Waals surface area contributed by atoms with Crippen molar-refractivity contribution in [1.82, 2.24) is 0 Å². The minimum atomic E-state index is -4.19. The van der Waals surface area contributed by atoms with Crippen LogP contribution < -0.4 is 10.5 Å². The number of halogens is 3. The van der Waals surface area contributed by atoms with Crippen molar-refractivity contribution in [2.24, 2.45) is 0 Å². The van der Waals surface area contributed by atoms with Gasteiger partial charge in [0.05, 0.1) is 18.9 Å². The van der Waals surface area contributed by atoms with E-state index >= 15 is 0 Å². The van der Waals surface area contributed by atoms with Crippen LogP contribution in [0.2, 0.25) is 0 Å². The Kier molecular flexibility index (Phi) is 4.84. The fourth-order valence-corrected chi connectivity index (χ4v) is 1.68. The molecule has 0 aromatic heterocycles. The normalized spacial score (nSPS) is 13.4. The molecule has 1 rings (SSSR count). The van der Waals surface area contributed by atoms with Gasteiger partial charge >= 0.3 is 6.18 Å². The van der Waals surface area contributed by atoms with Gasteiger partial charge in [-0.1, -0.05) is 12.1 Å². The van der Waals surface area contributed by atoms with E-state index in [1.165, 1.54) is 7.11 Å². The van der Waals surface area contributed by atoms with Gasteiger partial charge < -0.3 is 15.6 Å². The predicted octanol–water partition coefficient (Wildman–Crippen LogP) is 3.04. The zero-order valence-electron chi connectivity index (χ0n) is 10.00. The zero-order valence-corrected chi connectivity index (χ0v) is 10.00. The number of aliphatic hydroxyl groups is 1. The number of anilines is 1. The topological polar surface area (TPSA) is 55.5 Å². The van der Waals surface area contributed by atoms with Crippen molar-refractivity contribution in [3.05, 3.63) is 23.8 Å². The van der Waals surface area contributed by atoms with Gasteiger partial charge in [-0.05, 0) is 18.9 Å². The fraction of sp³-hybridized carbons (Fsp3) is 0.500. The quantitative estimate of drug-likeness (QED) is 0.803. The lowest BCUT2D eigenvalue weighted by Gasteiger charge is -2.15. The van der Waals surface area contributed by atoms with Gasteiger partial charge in [-0.15, -0.1) is 0 Å². The number of nitrogen functional groups attached to an aromatic ring is 1. The molecule has 0 amide bonds. The van der Waals surface area contributed by atoms with E-state index in [0.717, 1.165) is 0 Å². The maximum absolute atomic E-state index is 12.0. The van der Waals surface area contributed by atoms with Gasteiger partial charge in [-0.3, -0.25) is 0 Å². The zero-order chi connectivity index (χ0) is 13.8. The molecule has 1 aromatic rings. The molecule has 0 bridgehead atoms. The molecular formula is C12H16F3NO2. The van der Waals surface area contributed by atoms with Crippen LogP contribution in [-0.4, -0.2) is 18.4 Å². The third-order valence-corrected chi connectivity index (χ3v) is 2.62. The van der Waals surface area contributed by atoms with Crippen LogP contribution in [0.1, 0.15) is 30.9 Å². The lowest BCUT2D eigenvalue weighted by Crippen LogP contribution is -2.09. The summed E-state index contributed by atoms with van der Waals surface area (Å²) in [5.74, 6) is 0.405. The number of ether oxygens (including phenoxy) is 1. The Balaban J connectivity index is 2.64. The molecule has 0 aliphatic heterocycles. The first kappa shape index (κ1) is 14.6. The number of benzene rings is 1. The van der Waals surface area contributed by atoms with Crippen molar-refractivity contribution in [1.29, 1.82) is 0 Å². The molecule has 6 heteroatoms. The molecule has 1 atom stereocenters. The van der Waals surface area contributed by atoms with Crippen LogP contribution in [0, 0.1) is 0 Å². The average Bonchev–Trinajstić information content (AvgIpc) is 2.27. The maximum atomic E-state index is 12.0. The molecule has 0 radical (unpaired) electrons. The number of para-hydroxylation sites is 1. The molecule has 1 unspecified atom stereocenters. The molecule has 0 heterocycles. The molecular weight excluding hydrogens is 247 g/mol. The van der Waals surface area contributed by atoms with Crippen LogP contribution in [0.15, 0.2) is 18.2 Å². The van der Waals surface area contributed by atoms with Gasteiger partial charge in [0.15, 0.2) is 0 Å². The molecule has 0 aliphatic rings. The van der Waals surface area contributed by atoms with Crippen molar-refractivity contribution in [2.45, 2.75) is 31.5 Å². The summed E-state index contributed by atoms with van der Waals surface area (Å²) in [6.45, 7) is 0. The maximum Gasteiger partial charge on any atom is 0.389 e. The lowest BCUT2D eigenvalue weighted by atomic mass is 10.0. The van der Waals surface area contributed by atoms with Gasteiger partial charge in [0.25, 0.3) is 0 Å². The lowest BCUT2D eigenvalue weighted by molar-refractivity contribution is -0.136. The number of hydrogen-bond donors (Lipinski definition) is 2. The number of methoxy groups -OCH3 is 1. The minimum absolute atomic E-state index is 0.0108. The number of rotatable bonds is 5. The Morgan fingerprint density at radius 3 is 2.61 bits per heavy atom. The van der Waals surface area contributed by atoms with Crippen LogP contribution in [0.4, 0.5) is 18.9 Å². The van der Waals surface area contributed by atoms with Crippen LogP contribution in [0.5, 0.6) is 5.75 Å².